The Balaban J connectivity index is 1.65. The van der Waals surface area contributed by atoms with Crippen molar-refractivity contribution in [3.63, 3.8) is 0 Å². The molecule has 0 spiro atoms. The number of phenols is 3. The van der Waals surface area contributed by atoms with Gasteiger partial charge in [-0.2, -0.15) is 0 Å². The highest BCUT2D eigenvalue weighted by Gasteiger charge is 2.35. The third kappa shape index (κ3) is 3.11. The average Bonchev–Trinajstić information content (AvgIpc) is 3.30. The van der Waals surface area contributed by atoms with Gasteiger partial charge in [-0.3, -0.25) is 9.59 Å². The van der Waals surface area contributed by atoms with E-state index in [0.29, 0.717) is 22.6 Å². The van der Waals surface area contributed by atoms with E-state index in [4.69, 9.17) is 18.6 Å². The van der Waals surface area contributed by atoms with Crippen molar-refractivity contribution < 1.29 is 43.8 Å². The molecule has 1 aromatic heterocycles. The highest BCUT2D eigenvalue weighted by atomic mass is 16.7. The lowest BCUT2D eigenvalue weighted by atomic mass is 9.85. The summed E-state index contributed by atoms with van der Waals surface area (Å²) >= 11 is 0. The van der Waals surface area contributed by atoms with Crippen molar-refractivity contribution in [2.75, 3.05) is 6.79 Å². The van der Waals surface area contributed by atoms with Crippen molar-refractivity contribution in [3.05, 3.63) is 63.8 Å². The van der Waals surface area contributed by atoms with Crippen LogP contribution in [0.15, 0.2) is 51.7 Å². The highest BCUT2D eigenvalue weighted by molar-refractivity contribution is 5.94. The van der Waals surface area contributed by atoms with Gasteiger partial charge in [-0.1, -0.05) is 6.07 Å². The van der Waals surface area contributed by atoms with E-state index in [0.717, 1.165) is 12.1 Å². The molecule has 4 aromatic rings. The fraction of sp³-hybridized carbons (Fsp3) is 0.120. The van der Waals surface area contributed by atoms with E-state index in [1.807, 2.05) is 0 Å². The number of carbonyl (C=O) groups is 1. The van der Waals surface area contributed by atoms with Crippen LogP contribution in [0.1, 0.15) is 23.5 Å². The Morgan fingerprint density at radius 3 is 2.40 bits per heavy atom. The second-order valence-corrected chi connectivity index (χ2v) is 8.17. The molecular weight excluding hydrogens is 460 g/mol. The zero-order chi connectivity index (χ0) is 24.4. The van der Waals surface area contributed by atoms with Gasteiger partial charge in [0.05, 0.1) is 6.42 Å². The van der Waals surface area contributed by atoms with Gasteiger partial charge >= 0.3 is 5.97 Å². The van der Waals surface area contributed by atoms with Crippen molar-refractivity contribution in [2.24, 2.45) is 0 Å². The number of aromatic hydroxyl groups is 4. The van der Waals surface area contributed by atoms with Crippen LogP contribution in [0, 0.1) is 0 Å². The molecule has 176 valence electrons. The van der Waals surface area contributed by atoms with Crippen molar-refractivity contribution >= 4 is 16.9 Å². The second-order valence-electron chi connectivity index (χ2n) is 8.17. The molecule has 35 heavy (non-hydrogen) atoms. The highest BCUT2D eigenvalue weighted by Crippen LogP contribution is 2.48. The summed E-state index contributed by atoms with van der Waals surface area (Å²) in [5.41, 5.74) is 0.0496. The largest absolute Gasteiger partial charge is 0.507 e. The average molecular weight is 476 g/mol. The minimum Gasteiger partial charge on any atom is -0.507 e. The molecule has 10 nitrogen and oxygen atoms in total. The molecule has 0 bridgehead atoms. The standard InChI is InChI=1S/C25H16O10/c26-13-3-1-11(5-14(13)27)24-23(31)22(30)21-15(28)8-18-20(25(21)35-24)12(7-19(29)34-18)10-2-4-16-17(6-10)33-9-32-16/h1-6,8,12,26-28,31H,7,9H2/t12-/m0/s1. The summed E-state index contributed by atoms with van der Waals surface area (Å²) < 4.78 is 22.1. The van der Waals surface area contributed by atoms with Crippen LogP contribution in [0.2, 0.25) is 0 Å². The van der Waals surface area contributed by atoms with Crippen molar-refractivity contribution in [2.45, 2.75) is 12.3 Å². The van der Waals surface area contributed by atoms with Crippen molar-refractivity contribution in [1.29, 1.82) is 0 Å². The van der Waals surface area contributed by atoms with E-state index < -0.39 is 40.3 Å². The number of fused-ring (bicyclic) bond motifs is 4. The Morgan fingerprint density at radius 1 is 0.800 bits per heavy atom. The van der Waals surface area contributed by atoms with Crippen LogP contribution in [-0.4, -0.2) is 33.2 Å². The number of ether oxygens (including phenoxy) is 3. The Bertz CT molecular complexity index is 1620. The van der Waals surface area contributed by atoms with Gasteiger partial charge in [0.1, 0.15) is 22.5 Å². The molecule has 6 rings (SSSR count). The van der Waals surface area contributed by atoms with Crippen LogP contribution in [-0.2, 0) is 4.79 Å². The first-order valence-corrected chi connectivity index (χ1v) is 10.5. The lowest BCUT2D eigenvalue weighted by Crippen LogP contribution is -2.22. The maximum atomic E-state index is 13.1. The fourth-order valence-electron chi connectivity index (χ4n) is 4.46. The minimum absolute atomic E-state index is 0.00209. The zero-order valence-electron chi connectivity index (χ0n) is 17.8. The number of carbonyl (C=O) groups excluding carboxylic acids is 1. The maximum absolute atomic E-state index is 13.1. The van der Waals surface area contributed by atoms with E-state index in [9.17, 15) is 30.0 Å². The van der Waals surface area contributed by atoms with Gasteiger partial charge in [0.15, 0.2) is 28.8 Å². The summed E-state index contributed by atoms with van der Waals surface area (Å²) in [5, 5.41) is 40.4. The fourth-order valence-corrected chi connectivity index (χ4v) is 4.46. The third-order valence-corrected chi connectivity index (χ3v) is 6.10. The molecule has 3 aromatic carbocycles. The lowest BCUT2D eigenvalue weighted by molar-refractivity contribution is -0.135. The number of hydrogen-bond donors (Lipinski definition) is 4. The topological polar surface area (TPSA) is 156 Å². The van der Waals surface area contributed by atoms with Crippen molar-refractivity contribution in [3.8, 4) is 51.6 Å². The molecule has 0 fully saturated rings. The first kappa shape index (κ1) is 20.7. The molecule has 2 aliphatic heterocycles. The molecule has 3 heterocycles. The zero-order valence-corrected chi connectivity index (χ0v) is 17.8. The number of esters is 1. The minimum atomic E-state index is -0.921. The number of phenolic OH excluding ortho intramolecular Hbond substituents is 3. The second kappa shape index (κ2) is 7.32. The van der Waals surface area contributed by atoms with Gasteiger partial charge in [0, 0.05) is 23.1 Å². The van der Waals surface area contributed by atoms with Crippen LogP contribution in [0.3, 0.4) is 0 Å². The van der Waals surface area contributed by atoms with Crippen molar-refractivity contribution in [1.82, 2.24) is 0 Å². The third-order valence-electron chi connectivity index (χ3n) is 6.10. The molecule has 0 saturated carbocycles. The molecule has 0 aliphatic carbocycles. The van der Waals surface area contributed by atoms with E-state index in [1.165, 1.54) is 12.1 Å². The van der Waals surface area contributed by atoms with Crippen LogP contribution in [0.25, 0.3) is 22.3 Å². The van der Waals surface area contributed by atoms with E-state index in [2.05, 4.69) is 0 Å². The molecule has 4 N–H and O–H groups in total. The smallest absolute Gasteiger partial charge is 0.312 e. The first-order valence-electron chi connectivity index (χ1n) is 10.5. The summed E-state index contributed by atoms with van der Waals surface area (Å²) in [7, 11) is 0. The summed E-state index contributed by atoms with van der Waals surface area (Å²) in [5.74, 6) is -2.68. The van der Waals surface area contributed by atoms with E-state index >= 15 is 0 Å². The van der Waals surface area contributed by atoms with Gasteiger partial charge < -0.3 is 39.1 Å². The maximum Gasteiger partial charge on any atom is 0.312 e. The predicted octanol–water partition coefficient (Wildman–Crippen LogP) is 3.45. The SMILES string of the molecule is O=C1C[C@@H](c2ccc3c(c2)OCO3)c2c(cc(O)c3c(=O)c(O)c(-c4ccc(O)c(O)c4)oc23)O1. The normalized spacial score (nSPS) is 16.2. The predicted molar refractivity (Wildman–Crippen MR) is 119 cm³/mol. The number of rotatable bonds is 2. The number of hydrogen-bond acceptors (Lipinski definition) is 10. The molecule has 10 heteroatoms. The summed E-state index contributed by atoms with van der Waals surface area (Å²) in [4.78, 5) is 25.5. The van der Waals surface area contributed by atoms with Gasteiger partial charge in [0.25, 0.3) is 0 Å². The Kier molecular flexibility index (Phi) is 4.34. The Hall–Kier alpha value is -4.86. The van der Waals surface area contributed by atoms with Gasteiger partial charge in [-0.05, 0) is 35.9 Å². The van der Waals surface area contributed by atoms with Gasteiger partial charge in [0.2, 0.25) is 18.0 Å². The van der Waals surface area contributed by atoms with Crippen LogP contribution in [0.5, 0.6) is 40.2 Å². The lowest BCUT2D eigenvalue weighted by Gasteiger charge is -2.26. The van der Waals surface area contributed by atoms with Gasteiger partial charge in [-0.25, -0.2) is 0 Å². The molecule has 1 atom stereocenters. The molecule has 0 radical (unpaired) electrons. The molecule has 0 saturated heterocycles. The molecule has 0 amide bonds. The van der Waals surface area contributed by atoms with E-state index in [1.54, 1.807) is 18.2 Å². The Labute approximate surface area is 195 Å². The van der Waals surface area contributed by atoms with Crippen LogP contribution >= 0.6 is 0 Å². The number of benzene rings is 3. The first-order chi connectivity index (χ1) is 16.8. The van der Waals surface area contributed by atoms with Gasteiger partial charge in [-0.15, -0.1) is 0 Å². The molecular formula is C25H16O10. The quantitative estimate of drug-likeness (QED) is 0.192. The van der Waals surface area contributed by atoms with Crippen LogP contribution < -0.4 is 19.6 Å². The molecule has 0 unspecified atom stereocenters. The summed E-state index contributed by atoms with van der Waals surface area (Å²) in [6, 6.07) is 9.92. The van der Waals surface area contributed by atoms with E-state index in [-0.39, 0.29) is 41.3 Å². The monoisotopic (exact) mass is 476 g/mol. The summed E-state index contributed by atoms with van der Waals surface area (Å²) in [6.45, 7) is 0.0653. The summed E-state index contributed by atoms with van der Waals surface area (Å²) in [6.07, 6.45) is -0.0908. The van der Waals surface area contributed by atoms with Crippen LogP contribution in [0.4, 0.5) is 0 Å². The molecule has 2 aliphatic rings. The Morgan fingerprint density at radius 2 is 1.60 bits per heavy atom.